The molecule has 202 valence electrons. The predicted molar refractivity (Wildman–Crippen MR) is 129 cm³/mol. The Morgan fingerprint density at radius 2 is 1.42 bits per heavy atom. The number of ether oxygens (including phenoxy) is 1. The molecule has 0 aliphatic carbocycles. The van der Waals surface area contributed by atoms with Crippen molar-refractivity contribution < 1.29 is 35.9 Å². The second-order valence-electron chi connectivity index (χ2n) is 7.69. The van der Waals surface area contributed by atoms with Crippen LogP contribution in [0.5, 0.6) is 0 Å². The Labute approximate surface area is 219 Å². The van der Waals surface area contributed by atoms with Crippen molar-refractivity contribution in [1.29, 1.82) is 0 Å². The quantitative estimate of drug-likeness (QED) is 0.223. The van der Waals surface area contributed by atoms with E-state index < -0.39 is 47.1 Å². The van der Waals surface area contributed by atoms with Crippen LogP contribution in [-0.4, -0.2) is 22.1 Å². The summed E-state index contributed by atoms with van der Waals surface area (Å²) in [6.07, 6.45) is -9.01. The average Bonchev–Trinajstić information content (AvgIpc) is 2.80. The van der Waals surface area contributed by atoms with Crippen molar-refractivity contribution in [2.45, 2.75) is 25.8 Å². The van der Waals surface area contributed by atoms with Crippen LogP contribution in [0.2, 0.25) is 10.0 Å². The van der Waals surface area contributed by atoms with Crippen LogP contribution in [0.3, 0.4) is 0 Å². The molecule has 0 saturated heterocycles. The first-order valence-corrected chi connectivity index (χ1v) is 11.3. The number of carbonyl (C=O) groups excluding carboxylic acids is 1. The minimum absolute atomic E-state index is 0.0221. The molecule has 1 N–H and O–H groups in total. The van der Waals surface area contributed by atoms with E-state index in [-0.39, 0.29) is 33.1 Å². The van der Waals surface area contributed by atoms with Crippen molar-refractivity contribution in [3.05, 3.63) is 90.4 Å². The molecular weight excluding hydrogens is 565 g/mol. The third kappa shape index (κ3) is 6.67. The van der Waals surface area contributed by atoms with Gasteiger partial charge >= 0.3 is 18.3 Å². The topological polar surface area (TPSA) is 81.2 Å². The lowest BCUT2D eigenvalue weighted by molar-refractivity contribution is -0.143. The number of nitrogens with zero attached hydrogens (tertiary/aromatic N) is 1. The summed E-state index contributed by atoms with van der Waals surface area (Å²) in [6, 6.07) is 8.02. The van der Waals surface area contributed by atoms with Gasteiger partial charge in [0.1, 0.15) is 6.54 Å². The molecule has 0 amide bonds. The van der Waals surface area contributed by atoms with Crippen molar-refractivity contribution in [2.24, 2.45) is 0 Å². The Balaban J connectivity index is 0.000000221. The molecule has 0 spiro atoms. The fraction of sp³-hybridized carbons (Fsp3) is 0.208. The molecule has 0 bridgehead atoms. The largest absolute Gasteiger partial charge is 0.465 e. The highest BCUT2D eigenvalue weighted by Gasteiger charge is 2.31. The van der Waals surface area contributed by atoms with E-state index >= 15 is 0 Å². The molecule has 0 radical (unpaired) electrons. The number of carbonyl (C=O) groups is 1. The van der Waals surface area contributed by atoms with Crippen LogP contribution < -0.4 is 11.1 Å². The minimum Gasteiger partial charge on any atom is -0.465 e. The van der Waals surface area contributed by atoms with Gasteiger partial charge in [0.15, 0.2) is 0 Å². The minimum atomic E-state index is -4.57. The fourth-order valence-corrected chi connectivity index (χ4v) is 3.93. The van der Waals surface area contributed by atoms with E-state index in [1.807, 2.05) is 0 Å². The zero-order chi connectivity index (χ0) is 28.4. The van der Waals surface area contributed by atoms with Crippen LogP contribution in [0, 0.1) is 0 Å². The summed E-state index contributed by atoms with van der Waals surface area (Å²) in [5, 5.41) is 0.786. The van der Waals surface area contributed by atoms with Gasteiger partial charge in [-0.15, -0.1) is 0 Å². The number of hydrogen-bond donors (Lipinski definition) is 1. The standard InChI is InChI=1S/C14H11ClF3NO3.C10H5ClF3NO/c1-2-22-13(21)7-19-11-5-8(14(16,17)18)3-4-9(11)10(15)6-12(19)20;11-7-4-9(16)15-8-3-5(10(12,13)14)1-2-6(7)8/h3-6H,2,7H2,1H3;1-4H,(H,15,16). The van der Waals surface area contributed by atoms with E-state index in [4.69, 9.17) is 27.9 Å². The van der Waals surface area contributed by atoms with Crippen LogP contribution in [-0.2, 0) is 28.4 Å². The predicted octanol–water partition coefficient (Wildman–Crippen LogP) is 6.44. The summed E-state index contributed by atoms with van der Waals surface area (Å²) < 4.78 is 81.3. The first kappa shape index (κ1) is 29.1. The van der Waals surface area contributed by atoms with Gasteiger partial charge in [-0.05, 0) is 31.2 Å². The summed E-state index contributed by atoms with van der Waals surface area (Å²) in [6.45, 7) is 1.21. The number of nitrogens with one attached hydrogen (secondary N) is 1. The van der Waals surface area contributed by atoms with Crippen LogP contribution in [0.15, 0.2) is 58.1 Å². The van der Waals surface area contributed by atoms with E-state index in [1.54, 1.807) is 6.92 Å². The van der Waals surface area contributed by atoms with Gasteiger partial charge in [-0.2, -0.15) is 26.3 Å². The number of benzene rings is 2. The van der Waals surface area contributed by atoms with Crippen molar-refractivity contribution in [3.8, 4) is 0 Å². The summed E-state index contributed by atoms with van der Waals surface area (Å²) in [4.78, 5) is 36.8. The van der Waals surface area contributed by atoms with Gasteiger partial charge < -0.3 is 9.72 Å². The number of aromatic nitrogens is 2. The maximum atomic E-state index is 12.8. The van der Waals surface area contributed by atoms with Gasteiger partial charge in [0.2, 0.25) is 5.56 Å². The van der Waals surface area contributed by atoms with Crippen LogP contribution >= 0.6 is 23.2 Å². The number of esters is 1. The SMILES string of the molecule is CCOC(=O)Cn1c(=O)cc(Cl)c2ccc(C(F)(F)F)cc21.O=c1cc(Cl)c2ccc(C(F)(F)F)cc2[nH]1. The lowest BCUT2D eigenvalue weighted by Crippen LogP contribution is -2.25. The van der Waals surface area contributed by atoms with Crippen LogP contribution in [0.25, 0.3) is 21.8 Å². The number of halogens is 8. The number of H-pyrrole nitrogens is 1. The number of rotatable bonds is 3. The first-order chi connectivity index (χ1) is 17.6. The Hall–Kier alpha value is -3.51. The van der Waals surface area contributed by atoms with Gasteiger partial charge in [0.25, 0.3) is 5.56 Å². The zero-order valence-electron chi connectivity index (χ0n) is 19.1. The highest BCUT2D eigenvalue weighted by atomic mass is 35.5. The Morgan fingerprint density at radius 1 is 0.868 bits per heavy atom. The first-order valence-electron chi connectivity index (χ1n) is 10.6. The van der Waals surface area contributed by atoms with Gasteiger partial charge in [0.05, 0.1) is 38.8 Å². The van der Waals surface area contributed by atoms with Crippen molar-refractivity contribution in [1.82, 2.24) is 9.55 Å². The van der Waals surface area contributed by atoms with Crippen molar-refractivity contribution in [3.63, 3.8) is 0 Å². The van der Waals surface area contributed by atoms with E-state index in [2.05, 4.69) is 4.98 Å². The number of alkyl halides is 6. The van der Waals surface area contributed by atoms with Crippen molar-refractivity contribution in [2.75, 3.05) is 6.61 Å². The second kappa shape index (κ2) is 11.1. The molecule has 0 saturated carbocycles. The smallest absolute Gasteiger partial charge is 0.416 e. The molecule has 4 aromatic rings. The number of aromatic amines is 1. The third-order valence-corrected chi connectivity index (χ3v) is 5.73. The van der Waals surface area contributed by atoms with Gasteiger partial charge in [0, 0.05) is 22.9 Å². The maximum Gasteiger partial charge on any atom is 0.416 e. The average molecular weight is 581 g/mol. The van der Waals surface area contributed by atoms with E-state index in [0.717, 1.165) is 41.0 Å². The lowest BCUT2D eigenvalue weighted by atomic mass is 10.1. The molecule has 38 heavy (non-hydrogen) atoms. The lowest BCUT2D eigenvalue weighted by Gasteiger charge is -2.13. The van der Waals surface area contributed by atoms with E-state index in [0.29, 0.717) is 5.39 Å². The Bertz CT molecular complexity index is 1630. The van der Waals surface area contributed by atoms with Crippen molar-refractivity contribution >= 4 is 51.0 Å². The Kier molecular flexibility index (Phi) is 8.47. The summed E-state index contributed by atoms with van der Waals surface area (Å²) >= 11 is 11.6. The molecule has 14 heteroatoms. The molecule has 0 unspecified atom stereocenters. The molecule has 2 heterocycles. The molecule has 0 fully saturated rings. The summed E-state index contributed by atoms with van der Waals surface area (Å²) in [7, 11) is 0. The molecule has 0 atom stereocenters. The van der Waals surface area contributed by atoms with Gasteiger partial charge in [-0.1, -0.05) is 35.3 Å². The molecule has 6 nitrogen and oxygen atoms in total. The molecule has 4 rings (SSSR count). The normalized spacial score (nSPS) is 11.8. The molecular formula is C24H16Cl2F6N2O4. The van der Waals surface area contributed by atoms with E-state index in [1.165, 1.54) is 12.1 Å². The van der Waals surface area contributed by atoms with Gasteiger partial charge in [-0.25, -0.2) is 0 Å². The third-order valence-electron chi connectivity index (χ3n) is 5.10. The number of pyridine rings is 2. The van der Waals surface area contributed by atoms with Crippen LogP contribution in [0.4, 0.5) is 26.3 Å². The van der Waals surface area contributed by atoms with E-state index in [9.17, 15) is 40.7 Å². The molecule has 0 aliphatic heterocycles. The number of hydrogen-bond acceptors (Lipinski definition) is 4. The zero-order valence-corrected chi connectivity index (χ0v) is 20.6. The molecule has 2 aromatic carbocycles. The van der Waals surface area contributed by atoms with Crippen LogP contribution in [0.1, 0.15) is 18.1 Å². The number of fused-ring (bicyclic) bond motifs is 2. The Morgan fingerprint density at radius 3 is 2.00 bits per heavy atom. The molecule has 2 aromatic heterocycles. The summed E-state index contributed by atoms with van der Waals surface area (Å²) in [5.74, 6) is -0.717. The highest BCUT2D eigenvalue weighted by molar-refractivity contribution is 6.35. The second-order valence-corrected chi connectivity index (χ2v) is 8.51. The fourth-order valence-electron chi connectivity index (χ4n) is 3.41. The molecule has 0 aliphatic rings. The maximum absolute atomic E-state index is 12.8. The van der Waals surface area contributed by atoms with Gasteiger partial charge in [-0.3, -0.25) is 19.0 Å². The summed E-state index contributed by atoms with van der Waals surface area (Å²) in [5.41, 5.74) is -2.95. The highest BCUT2D eigenvalue weighted by Crippen LogP contribution is 2.33. The monoisotopic (exact) mass is 580 g/mol.